The molecule has 1 heterocycles. The zero-order valence-corrected chi connectivity index (χ0v) is 13.7. The minimum atomic E-state index is -0.167. The van der Waals surface area contributed by atoms with Crippen LogP contribution in [0, 0.1) is 6.92 Å². The number of nitrogens with zero attached hydrogens (tertiary/aromatic N) is 1. The third-order valence-electron chi connectivity index (χ3n) is 3.00. The van der Waals surface area contributed by atoms with E-state index in [0.717, 1.165) is 5.69 Å². The second-order valence-electron chi connectivity index (χ2n) is 4.51. The van der Waals surface area contributed by atoms with Gasteiger partial charge in [-0.1, -0.05) is 6.07 Å². The fraction of sp³-hybridized carbons (Fsp3) is 0.333. The molecule has 0 aliphatic carbocycles. The van der Waals surface area contributed by atoms with Crippen molar-refractivity contribution in [3.05, 3.63) is 28.8 Å². The van der Waals surface area contributed by atoms with E-state index in [1.54, 1.807) is 19.2 Å². The Kier molecular flexibility index (Phi) is 5.21. The number of benzene rings is 1. The number of hydrogen-bond donors (Lipinski definition) is 1. The minimum Gasteiger partial charge on any atom is -0.493 e. The predicted octanol–water partition coefficient (Wildman–Crippen LogP) is 2.66. The number of amides is 1. The van der Waals surface area contributed by atoms with Crippen molar-refractivity contribution in [3.63, 3.8) is 0 Å². The third-order valence-corrected chi connectivity index (χ3v) is 3.88. The van der Waals surface area contributed by atoms with Gasteiger partial charge in [0.15, 0.2) is 16.6 Å². The summed E-state index contributed by atoms with van der Waals surface area (Å²) in [6.07, 6.45) is 0.155. The molecule has 0 radical (unpaired) electrons. The maximum atomic E-state index is 12.1. The van der Waals surface area contributed by atoms with Gasteiger partial charge in [-0.05, 0) is 13.0 Å². The molecular weight excluding hydrogens is 304 g/mol. The molecule has 1 amide bonds. The van der Waals surface area contributed by atoms with E-state index in [4.69, 9.17) is 14.2 Å². The van der Waals surface area contributed by atoms with E-state index < -0.39 is 0 Å². The highest BCUT2D eigenvalue weighted by molar-refractivity contribution is 7.13. The molecular formula is C15H18N2O4S. The lowest BCUT2D eigenvalue weighted by atomic mass is 10.1. The zero-order valence-electron chi connectivity index (χ0n) is 12.9. The van der Waals surface area contributed by atoms with Gasteiger partial charge in [0.05, 0.1) is 33.4 Å². The van der Waals surface area contributed by atoms with Crippen molar-refractivity contribution in [1.82, 2.24) is 4.98 Å². The number of methoxy groups -OCH3 is 3. The van der Waals surface area contributed by atoms with Crippen molar-refractivity contribution < 1.29 is 19.0 Å². The molecule has 118 valence electrons. The second-order valence-corrected chi connectivity index (χ2v) is 5.37. The number of anilines is 1. The molecule has 1 aromatic heterocycles. The standard InChI is InChI=1S/C15H18N2O4S/c1-9-8-22-15(16-9)17-12(18)7-10-5-6-11(19-2)14(21-4)13(10)20-3/h5-6,8H,7H2,1-4H3,(H,16,17,18). The molecule has 1 N–H and O–H groups in total. The molecule has 7 heteroatoms. The van der Waals surface area contributed by atoms with E-state index in [0.29, 0.717) is 27.9 Å². The van der Waals surface area contributed by atoms with Crippen LogP contribution in [-0.4, -0.2) is 32.2 Å². The van der Waals surface area contributed by atoms with E-state index in [2.05, 4.69) is 10.3 Å². The van der Waals surface area contributed by atoms with Gasteiger partial charge in [-0.3, -0.25) is 4.79 Å². The fourth-order valence-electron chi connectivity index (χ4n) is 2.05. The van der Waals surface area contributed by atoms with Crippen molar-refractivity contribution in [2.24, 2.45) is 0 Å². The molecule has 6 nitrogen and oxygen atoms in total. The summed E-state index contributed by atoms with van der Waals surface area (Å²) in [6, 6.07) is 3.53. The van der Waals surface area contributed by atoms with Crippen LogP contribution in [0.4, 0.5) is 5.13 Å². The molecule has 2 rings (SSSR count). The van der Waals surface area contributed by atoms with Crippen LogP contribution in [0.3, 0.4) is 0 Å². The van der Waals surface area contributed by atoms with E-state index in [1.807, 2.05) is 12.3 Å². The van der Waals surface area contributed by atoms with Crippen LogP contribution < -0.4 is 19.5 Å². The number of hydrogen-bond acceptors (Lipinski definition) is 6. The molecule has 0 unspecified atom stereocenters. The summed E-state index contributed by atoms with van der Waals surface area (Å²) in [5, 5.41) is 5.24. The molecule has 0 fully saturated rings. The molecule has 0 atom stereocenters. The predicted molar refractivity (Wildman–Crippen MR) is 85.3 cm³/mol. The zero-order chi connectivity index (χ0) is 16.1. The molecule has 1 aromatic carbocycles. The van der Waals surface area contributed by atoms with Crippen LogP contribution >= 0.6 is 11.3 Å². The van der Waals surface area contributed by atoms with Crippen molar-refractivity contribution in [1.29, 1.82) is 0 Å². The van der Waals surface area contributed by atoms with Crippen molar-refractivity contribution in [2.45, 2.75) is 13.3 Å². The number of rotatable bonds is 6. The maximum absolute atomic E-state index is 12.1. The van der Waals surface area contributed by atoms with Gasteiger partial charge in [-0.15, -0.1) is 11.3 Å². The Labute approximate surface area is 133 Å². The molecule has 0 aliphatic rings. The van der Waals surface area contributed by atoms with Gasteiger partial charge in [-0.25, -0.2) is 4.98 Å². The van der Waals surface area contributed by atoms with Gasteiger partial charge in [-0.2, -0.15) is 0 Å². The van der Waals surface area contributed by atoms with Crippen LogP contribution in [0.25, 0.3) is 0 Å². The van der Waals surface area contributed by atoms with Gasteiger partial charge in [0.1, 0.15) is 0 Å². The Hall–Kier alpha value is -2.28. The quantitative estimate of drug-likeness (QED) is 0.885. The first-order valence-electron chi connectivity index (χ1n) is 6.58. The summed E-state index contributed by atoms with van der Waals surface area (Å²) in [5.74, 6) is 1.35. The maximum Gasteiger partial charge on any atom is 0.230 e. The third kappa shape index (κ3) is 3.48. The van der Waals surface area contributed by atoms with Crippen LogP contribution in [0.1, 0.15) is 11.3 Å². The van der Waals surface area contributed by atoms with E-state index in [-0.39, 0.29) is 12.3 Å². The summed E-state index contributed by atoms with van der Waals surface area (Å²) in [5.41, 5.74) is 1.59. The van der Waals surface area contributed by atoms with Crippen LogP contribution in [0.5, 0.6) is 17.2 Å². The molecule has 2 aromatic rings. The van der Waals surface area contributed by atoms with E-state index in [9.17, 15) is 4.79 Å². The number of thiazole rings is 1. The monoisotopic (exact) mass is 322 g/mol. The molecule has 0 saturated carbocycles. The number of aromatic nitrogens is 1. The van der Waals surface area contributed by atoms with Crippen LogP contribution in [-0.2, 0) is 11.2 Å². The lowest BCUT2D eigenvalue weighted by molar-refractivity contribution is -0.115. The minimum absolute atomic E-state index is 0.155. The first-order valence-corrected chi connectivity index (χ1v) is 7.46. The topological polar surface area (TPSA) is 69.7 Å². The summed E-state index contributed by atoms with van der Waals surface area (Å²) in [7, 11) is 4.61. The Bertz CT molecular complexity index is 670. The summed E-state index contributed by atoms with van der Waals surface area (Å²) in [6.45, 7) is 1.88. The number of ether oxygens (including phenoxy) is 3. The Morgan fingerprint density at radius 1 is 1.18 bits per heavy atom. The van der Waals surface area contributed by atoms with Gasteiger partial charge in [0, 0.05) is 10.9 Å². The van der Waals surface area contributed by atoms with Crippen molar-refractivity contribution >= 4 is 22.4 Å². The fourth-order valence-corrected chi connectivity index (χ4v) is 2.75. The van der Waals surface area contributed by atoms with E-state index in [1.165, 1.54) is 25.6 Å². The summed E-state index contributed by atoms with van der Waals surface area (Å²) in [4.78, 5) is 16.3. The Morgan fingerprint density at radius 2 is 1.91 bits per heavy atom. The first kappa shape index (κ1) is 16.1. The highest BCUT2D eigenvalue weighted by Gasteiger charge is 2.18. The second kappa shape index (κ2) is 7.13. The smallest absolute Gasteiger partial charge is 0.230 e. The highest BCUT2D eigenvalue weighted by Crippen LogP contribution is 2.39. The normalized spacial score (nSPS) is 10.2. The SMILES string of the molecule is COc1ccc(CC(=O)Nc2nc(C)cs2)c(OC)c1OC. The molecule has 22 heavy (non-hydrogen) atoms. The summed E-state index contributed by atoms with van der Waals surface area (Å²) < 4.78 is 15.9. The number of aryl methyl sites for hydroxylation is 1. The van der Waals surface area contributed by atoms with Crippen molar-refractivity contribution in [3.8, 4) is 17.2 Å². The lowest BCUT2D eigenvalue weighted by Crippen LogP contribution is -2.15. The number of carbonyl (C=O) groups is 1. The van der Waals surface area contributed by atoms with Gasteiger partial charge in [0.2, 0.25) is 11.7 Å². The highest BCUT2D eigenvalue weighted by atomic mass is 32.1. The molecule has 0 bridgehead atoms. The van der Waals surface area contributed by atoms with Crippen LogP contribution in [0.2, 0.25) is 0 Å². The Morgan fingerprint density at radius 3 is 2.45 bits per heavy atom. The average Bonchev–Trinajstić information content (AvgIpc) is 2.91. The van der Waals surface area contributed by atoms with E-state index >= 15 is 0 Å². The number of nitrogens with one attached hydrogen (secondary N) is 1. The number of carbonyl (C=O) groups excluding carboxylic acids is 1. The van der Waals surface area contributed by atoms with Gasteiger partial charge >= 0.3 is 0 Å². The van der Waals surface area contributed by atoms with Crippen LogP contribution in [0.15, 0.2) is 17.5 Å². The molecule has 0 spiro atoms. The Balaban J connectivity index is 2.19. The largest absolute Gasteiger partial charge is 0.493 e. The molecule has 0 aliphatic heterocycles. The lowest BCUT2D eigenvalue weighted by Gasteiger charge is -2.15. The first-order chi connectivity index (χ1) is 10.6. The van der Waals surface area contributed by atoms with Crippen molar-refractivity contribution in [2.75, 3.05) is 26.6 Å². The van der Waals surface area contributed by atoms with Gasteiger partial charge in [0.25, 0.3) is 0 Å². The average molecular weight is 322 g/mol. The van der Waals surface area contributed by atoms with Gasteiger partial charge < -0.3 is 19.5 Å². The molecule has 0 saturated heterocycles. The summed E-state index contributed by atoms with van der Waals surface area (Å²) >= 11 is 1.39.